The molecule has 0 radical (unpaired) electrons. The van der Waals surface area contributed by atoms with E-state index in [0.717, 1.165) is 24.3 Å². The van der Waals surface area contributed by atoms with Gasteiger partial charge >= 0.3 is 0 Å². The van der Waals surface area contributed by atoms with E-state index >= 15 is 0 Å². The summed E-state index contributed by atoms with van der Waals surface area (Å²) in [4.78, 5) is 10.9. The third-order valence-corrected chi connectivity index (χ3v) is 5.47. The summed E-state index contributed by atoms with van der Waals surface area (Å²) < 4.78 is 0. The number of benzene rings is 2. The lowest BCUT2D eigenvalue weighted by Crippen LogP contribution is -2.07. The highest BCUT2D eigenvalue weighted by Gasteiger charge is 2.09. The molecule has 0 saturated heterocycles. The van der Waals surface area contributed by atoms with E-state index in [0.29, 0.717) is 23.7 Å². The maximum Gasteiger partial charge on any atom is 0.178 e. The number of hydrogen-bond acceptors (Lipinski definition) is 2. The molecule has 0 amide bonds. The summed E-state index contributed by atoms with van der Waals surface area (Å²) in [5.41, 5.74) is 2.67. The van der Waals surface area contributed by atoms with Crippen LogP contribution in [0, 0.1) is 23.7 Å². The normalized spacial score (nSPS) is 13.7. The van der Waals surface area contributed by atoms with Crippen LogP contribution in [0.4, 0.5) is 0 Å². The van der Waals surface area contributed by atoms with E-state index in [9.17, 15) is 0 Å². The zero-order valence-electron chi connectivity index (χ0n) is 17.2. The summed E-state index contributed by atoms with van der Waals surface area (Å²) in [5.74, 6) is 4.19. The molecule has 0 saturated carbocycles. The molecule has 2 aromatic rings. The molecular weight excluding hydrogens is 320 g/mol. The quantitative estimate of drug-likeness (QED) is 0.367. The topological polar surface area (TPSA) is 18.5 Å². The molecule has 2 heteroatoms. The van der Waals surface area contributed by atoms with Gasteiger partial charge in [0.1, 0.15) is 0 Å². The van der Waals surface area contributed by atoms with Crippen molar-refractivity contribution in [1.82, 2.24) is 0 Å². The van der Waals surface area contributed by atoms with Gasteiger partial charge in [-0.1, -0.05) is 65.8 Å². The molecule has 0 N–H and O–H groups in total. The summed E-state index contributed by atoms with van der Waals surface area (Å²) >= 11 is 0. The van der Waals surface area contributed by atoms with E-state index < -0.39 is 0 Å². The Morgan fingerprint density at radius 1 is 0.538 bits per heavy atom. The van der Waals surface area contributed by atoms with Crippen LogP contribution >= 0.6 is 0 Å². The molecule has 0 heterocycles. The van der Waals surface area contributed by atoms with E-state index in [4.69, 9.17) is 9.78 Å². The lowest BCUT2D eigenvalue weighted by Gasteiger charge is -2.16. The van der Waals surface area contributed by atoms with E-state index in [1.165, 1.54) is 11.1 Å². The SMILES string of the molecule is CC(C)C(C)Cc1ccc(OOc2ccc(CC(C)C(C)C)cc2)cc1. The van der Waals surface area contributed by atoms with Crippen molar-refractivity contribution in [2.45, 2.75) is 54.4 Å². The van der Waals surface area contributed by atoms with Gasteiger partial charge in [0.05, 0.1) is 0 Å². The maximum absolute atomic E-state index is 5.46. The van der Waals surface area contributed by atoms with Crippen LogP contribution in [0.1, 0.15) is 52.7 Å². The Hall–Kier alpha value is -1.96. The molecule has 0 aliphatic carbocycles. The zero-order chi connectivity index (χ0) is 19.1. The van der Waals surface area contributed by atoms with Crippen molar-refractivity contribution >= 4 is 0 Å². The predicted octanol–water partition coefficient (Wildman–Crippen LogP) is 6.73. The van der Waals surface area contributed by atoms with Crippen LogP contribution in [0.5, 0.6) is 11.5 Å². The average molecular weight is 355 g/mol. The number of rotatable bonds is 9. The first-order chi connectivity index (χ1) is 12.3. The molecule has 2 rings (SSSR count). The van der Waals surface area contributed by atoms with E-state index in [-0.39, 0.29) is 0 Å². The highest BCUT2D eigenvalue weighted by Crippen LogP contribution is 2.22. The maximum atomic E-state index is 5.46. The molecule has 26 heavy (non-hydrogen) atoms. The Morgan fingerprint density at radius 2 is 0.846 bits per heavy atom. The fourth-order valence-corrected chi connectivity index (χ4v) is 2.67. The second-order valence-corrected chi connectivity index (χ2v) is 8.31. The van der Waals surface area contributed by atoms with Gasteiger partial charge in [-0.15, -0.1) is 0 Å². The molecule has 0 bridgehead atoms. The summed E-state index contributed by atoms with van der Waals surface area (Å²) in [7, 11) is 0. The van der Waals surface area contributed by atoms with Crippen molar-refractivity contribution in [3.05, 3.63) is 59.7 Å². The van der Waals surface area contributed by atoms with Gasteiger partial charge in [0.25, 0.3) is 0 Å². The van der Waals surface area contributed by atoms with E-state index in [2.05, 4.69) is 65.8 Å². The Morgan fingerprint density at radius 3 is 1.12 bits per heavy atom. The fourth-order valence-electron chi connectivity index (χ4n) is 2.67. The van der Waals surface area contributed by atoms with Crippen LogP contribution in [-0.4, -0.2) is 0 Å². The first-order valence-corrected chi connectivity index (χ1v) is 9.87. The molecule has 2 nitrogen and oxygen atoms in total. The molecular formula is C24H34O2. The summed E-state index contributed by atoms with van der Waals surface area (Å²) in [5, 5.41) is 0. The van der Waals surface area contributed by atoms with Crippen LogP contribution in [-0.2, 0) is 12.8 Å². The van der Waals surface area contributed by atoms with Gasteiger partial charge in [-0.2, -0.15) is 0 Å². The smallest absolute Gasteiger partial charge is 0.178 e. The minimum absolute atomic E-state index is 0.676. The molecule has 0 aromatic heterocycles. The van der Waals surface area contributed by atoms with Crippen LogP contribution in [0.25, 0.3) is 0 Å². The standard InChI is InChI=1S/C24H34O2/c1-17(2)19(5)15-21-7-11-23(12-8-21)25-26-24-13-9-22(10-14-24)16-20(6)18(3)4/h7-14,17-20H,15-16H2,1-6H3. The molecule has 0 spiro atoms. The molecule has 2 atom stereocenters. The third kappa shape index (κ3) is 6.40. The Balaban J connectivity index is 1.84. The Labute approximate surface area is 159 Å². The van der Waals surface area contributed by atoms with E-state index in [1.54, 1.807) is 0 Å². The van der Waals surface area contributed by atoms with Crippen molar-refractivity contribution < 1.29 is 9.78 Å². The van der Waals surface area contributed by atoms with Crippen LogP contribution in [0.3, 0.4) is 0 Å². The summed E-state index contributed by atoms with van der Waals surface area (Å²) in [6, 6.07) is 16.4. The average Bonchev–Trinajstić information content (AvgIpc) is 2.62. The van der Waals surface area contributed by atoms with Crippen LogP contribution < -0.4 is 9.78 Å². The third-order valence-electron chi connectivity index (χ3n) is 5.47. The highest BCUT2D eigenvalue weighted by molar-refractivity contribution is 5.29. The van der Waals surface area contributed by atoms with Crippen molar-refractivity contribution in [2.24, 2.45) is 23.7 Å². The second kappa shape index (κ2) is 9.66. The van der Waals surface area contributed by atoms with Gasteiger partial charge in [-0.05, 0) is 71.9 Å². The minimum Gasteiger partial charge on any atom is -0.290 e. The molecule has 0 aliphatic heterocycles. The molecule has 2 aromatic carbocycles. The summed E-state index contributed by atoms with van der Waals surface area (Å²) in [6.07, 6.45) is 2.18. The van der Waals surface area contributed by atoms with E-state index in [1.807, 2.05) is 24.3 Å². The summed E-state index contributed by atoms with van der Waals surface area (Å²) in [6.45, 7) is 13.7. The van der Waals surface area contributed by atoms with Crippen molar-refractivity contribution in [3.63, 3.8) is 0 Å². The van der Waals surface area contributed by atoms with Gasteiger partial charge in [0.15, 0.2) is 11.5 Å². The first kappa shape index (κ1) is 20.4. The van der Waals surface area contributed by atoms with Gasteiger partial charge < -0.3 is 0 Å². The Bertz CT molecular complexity index is 581. The van der Waals surface area contributed by atoms with Gasteiger partial charge in [0.2, 0.25) is 0 Å². The van der Waals surface area contributed by atoms with Gasteiger partial charge in [0, 0.05) is 0 Å². The van der Waals surface area contributed by atoms with Crippen LogP contribution in [0.15, 0.2) is 48.5 Å². The number of hydrogen-bond donors (Lipinski definition) is 0. The highest BCUT2D eigenvalue weighted by atomic mass is 17.2. The van der Waals surface area contributed by atoms with Crippen molar-refractivity contribution in [1.29, 1.82) is 0 Å². The van der Waals surface area contributed by atoms with Crippen molar-refractivity contribution in [2.75, 3.05) is 0 Å². The molecule has 0 fully saturated rings. The molecule has 2 unspecified atom stereocenters. The lowest BCUT2D eigenvalue weighted by atomic mass is 9.91. The first-order valence-electron chi connectivity index (χ1n) is 9.87. The van der Waals surface area contributed by atoms with Gasteiger partial charge in [-0.25, -0.2) is 0 Å². The zero-order valence-corrected chi connectivity index (χ0v) is 17.2. The largest absolute Gasteiger partial charge is 0.290 e. The predicted molar refractivity (Wildman–Crippen MR) is 110 cm³/mol. The van der Waals surface area contributed by atoms with Gasteiger partial charge in [-0.3, -0.25) is 9.78 Å². The molecule has 142 valence electrons. The van der Waals surface area contributed by atoms with Crippen molar-refractivity contribution in [3.8, 4) is 11.5 Å². The lowest BCUT2D eigenvalue weighted by molar-refractivity contribution is -0.0999. The second-order valence-electron chi connectivity index (χ2n) is 8.31. The minimum atomic E-state index is 0.676. The fraction of sp³-hybridized carbons (Fsp3) is 0.500. The van der Waals surface area contributed by atoms with Crippen LogP contribution in [0.2, 0.25) is 0 Å². The molecule has 0 aliphatic rings. The monoisotopic (exact) mass is 354 g/mol. The Kier molecular flexibility index (Phi) is 7.56.